The molecule has 0 radical (unpaired) electrons. The van der Waals surface area contributed by atoms with Crippen LogP contribution in [0.4, 0.5) is 0 Å². The van der Waals surface area contributed by atoms with Crippen LogP contribution in [0.3, 0.4) is 0 Å². The summed E-state index contributed by atoms with van der Waals surface area (Å²) in [5.74, 6) is -0.804. The van der Waals surface area contributed by atoms with E-state index in [0.717, 1.165) is 22.4 Å². The quantitative estimate of drug-likeness (QED) is 0.406. The molecule has 27 heavy (non-hydrogen) atoms. The lowest BCUT2D eigenvalue weighted by Gasteiger charge is -2.11. The van der Waals surface area contributed by atoms with Gasteiger partial charge in [0.1, 0.15) is 0 Å². The molecule has 3 rings (SSSR count). The Kier molecular flexibility index (Phi) is 5.52. The highest BCUT2D eigenvalue weighted by Gasteiger charge is 2.13. The molecule has 3 aromatic carbocycles. The molecule has 0 bridgehead atoms. The first-order valence-electron chi connectivity index (χ1n) is 8.33. The van der Waals surface area contributed by atoms with Crippen molar-refractivity contribution in [2.75, 3.05) is 7.11 Å². The van der Waals surface area contributed by atoms with Crippen molar-refractivity contribution in [2.24, 2.45) is 0 Å². The zero-order valence-electron chi connectivity index (χ0n) is 14.7. The van der Waals surface area contributed by atoms with Crippen LogP contribution >= 0.6 is 0 Å². The van der Waals surface area contributed by atoms with Crippen molar-refractivity contribution in [2.45, 2.75) is 6.42 Å². The molecule has 136 valence electrons. The van der Waals surface area contributed by atoms with Gasteiger partial charge in [0.25, 0.3) is 0 Å². The molecule has 3 aromatic rings. The van der Waals surface area contributed by atoms with Gasteiger partial charge in [0.2, 0.25) is 0 Å². The van der Waals surface area contributed by atoms with Gasteiger partial charge in [0.15, 0.2) is 11.5 Å². The summed E-state index contributed by atoms with van der Waals surface area (Å²) in [4.78, 5) is 23.0. The minimum atomic E-state index is -1.04. The largest absolute Gasteiger partial charge is 0.493 e. The number of esters is 1. The smallest absolute Gasteiger partial charge is 0.328 e. The molecule has 0 aromatic heterocycles. The summed E-state index contributed by atoms with van der Waals surface area (Å²) in [6, 6.07) is 18.5. The highest BCUT2D eigenvalue weighted by atomic mass is 16.6. The minimum Gasteiger partial charge on any atom is -0.493 e. The molecule has 0 unspecified atom stereocenters. The number of fused-ring (bicyclic) bond motifs is 1. The molecule has 0 spiro atoms. The van der Waals surface area contributed by atoms with Gasteiger partial charge in [-0.2, -0.15) is 0 Å². The fourth-order valence-corrected chi connectivity index (χ4v) is 2.80. The third kappa shape index (κ3) is 4.52. The Morgan fingerprint density at radius 2 is 1.78 bits per heavy atom. The van der Waals surface area contributed by atoms with E-state index >= 15 is 0 Å². The minimum absolute atomic E-state index is 0.130. The SMILES string of the molecule is COc1cc(/C=C/C(=O)O)ccc1OC(=O)Cc1cccc2ccccc12. The van der Waals surface area contributed by atoms with Crippen molar-refractivity contribution in [3.8, 4) is 11.5 Å². The van der Waals surface area contributed by atoms with E-state index in [2.05, 4.69) is 0 Å². The number of methoxy groups -OCH3 is 1. The number of aliphatic carboxylic acids is 1. The Hall–Kier alpha value is -3.60. The molecule has 0 atom stereocenters. The topological polar surface area (TPSA) is 72.8 Å². The van der Waals surface area contributed by atoms with E-state index in [1.165, 1.54) is 13.2 Å². The van der Waals surface area contributed by atoms with E-state index in [4.69, 9.17) is 14.6 Å². The highest BCUT2D eigenvalue weighted by Crippen LogP contribution is 2.29. The average Bonchev–Trinajstić information content (AvgIpc) is 2.67. The zero-order valence-corrected chi connectivity index (χ0v) is 14.7. The van der Waals surface area contributed by atoms with Crippen molar-refractivity contribution in [1.29, 1.82) is 0 Å². The number of carbonyl (C=O) groups is 2. The number of rotatable bonds is 6. The summed E-state index contributed by atoms with van der Waals surface area (Å²) < 4.78 is 10.7. The Balaban J connectivity index is 1.78. The van der Waals surface area contributed by atoms with Crippen LogP contribution in [-0.2, 0) is 16.0 Å². The molecular weight excluding hydrogens is 344 g/mol. The molecule has 0 amide bonds. The third-order valence-corrected chi connectivity index (χ3v) is 4.04. The van der Waals surface area contributed by atoms with Gasteiger partial charge in [0, 0.05) is 6.08 Å². The predicted molar refractivity (Wildman–Crippen MR) is 103 cm³/mol. The van der Waals surface area contributed by atoms with Crippen molar-refractivity contribution in [3.63, 3.8) is 0 Å². The molecule has 0 aliphatic heterocycles. The molecule has 0 aliphatic rings. The molecule has 1 N–H and O–H groups in total. The van der Waals surface area contributed by atoms with E-state index < -0.39 is 11.9 Å². The number of carboxylic acid groups (broad SMARTS) is 1. The Morgan fingerprint density at radius 3 is 2.56 bits per heavy atom. The zero-order chi connectivity index (χ0) is 19.2. The number of benzene rings is 3. The van der Waals surface area contributed by atoms with Crippen LogP contribution in [0.5, 0.6) is 11.5 Å². The molecule has 5 heteroatoms. The van der Waals surface area contributed by atoms with Crippen LogP contribution in [0.2, 0.25) is 0 Å². The number of carbonyl (C=O) groups excluding carboxylic acids is 1. The van der Waals surface area contributed by atoms with Gasteiger partial charge in [-0.1, -0.05) is 48.5 Å². The summed E-state index contributed by atoms with van der Waals surface area (Å²) in [6.45, 7) is 0. The van der Waals surface area contributed by atoms with Gasteiger partial charge in [-0.25, -0.2) is 4.79 Å². The van der Waals surface area contributed by atoms with Crippen LogP contribution in [0.15, 0.2) is 66.7 Å². The van der Waals surface area contributed by atoms with E-state index in [9.17, 15) is 9.59 Å². The maximum absolute atomic E-state index is 12.4. The second-order valence-corrected chi connectivity index (χ2v) is 5.87. The summed E-state index contributed by atoms with van der Waals surface area (Å²) in [6.07, 6.45) is 2.60. The first-order valence-corrected chi connectivity index (χ1v) is 8.33. The van der Waals surface area contributed by atoms with E-state index in [-0.39, 0.29) is 12.2 Å². The Labute approximate surface area is 156 Å². The van der Waals surface area contributed by atoms with Gasteiger partial charge in [-0.3, -0.25) is 4.79 Å². The molecule has 5 nitrogen and oxygen atoms in total. The van der Waals surface area contributed by atoms with Gasteiger partial charge in [-0.15, -0.1) is 0 Å². The normalized spacial score (nSPS) is 10.9. The molecule has 0 saturated carbocycles. The summed E-state index contributed by atoms with van der Waals surface area (Å²) >= 11 is 0. The molecule has 0 heterocycles. The molecule has 0 saturated heterocycles. The summed E-state index contributed by atoms with van der Waals surface area (Å²) in [5, 5.41) is 10.8. The van der Waals surface area contributed by atoms with E-state index in [1.54, 1.807) is 18.2 Å². The maximum Gasteiger partial charge on any atom is 0.328 e. The fourth-order valence-electron chi connectivity index (χ4n) is 2.80. The number of hydrogen-bond acceptors (Lipinski definition) is 4. The van der Waals surface area contributed by atoms with Crippen LogP contribution in [0, 0.1) is 0 Å². The van der Waals surface area contributed by atoms with E-state index in [0.29, 0.717) is 11.3 Å². The van der Waals surface area contributed by atoms with Gasteiger partial charge < -0.3 is 14.6 Å². The molecular formula is C22H18O5. The lowest BCUT2D eigenvalue weighted by molar-refractivity contribution is -0.134. The Morgan fingerprint density at radius 1 is 1.00 bits per heavy atom. The van der Waals surface area contributed by atoms with Crippen LogP contribution in [0.25, 0.3) is 16.8 Å². The summed E-state index contributed by atoms with van der Waals surface area (Å²) in [7, 11) is 1.46. The number of hydrogen-bond donors (Lipinski definition) is 1. The predicted octanol–water partition coefficient (Wildman–Crippen LogP) is 4.09. The monoisotopic (exact) mass is 362 g/mol. The lowest BCUT2D eigenvalue weighted by atomic mass is 10.0. The maximum atomic E-state index is 12.4. The lowest BCUT2D eigenvalue weighted by Crippen LogP contribution is -2.12. The van der Waals surface area contributed by atoms with Gasteiger partial charge >= 0.3 is 11.9 Å². The second kappa shape index (κ2) is 8.19. The standard InChI is InChI=1S/C22H18O5/c1-26-20-13-15(10-12-21(23)24)9-11-19(20)27-22(25)14-17-7-4-6-16-5-2-3-8-18(16)17/h2-13H,14H2,1H3,(H,23,24)/b12-10+. The first-order chi connectivity index (χ1) is 13.1. The highest BCUT2D eigenvalue weighted by molar-refractivity contribution is 5.89. The molecule has 0 fully saturated rings. The van der Waals surface area contributed by atoms with Crippen LogP contribution in [0.1, 0.15) is 11.1 Å². The number of carboxylic acids is 1. The van der Waals surface area contributed by atoms with E-state index in [1.807, 2.05) is 42.5 Å². The van der Waals surface area contributed by atoms with Gasteiger partial charge in [0.05, 0.1) is 13.5 Å². The third-order valence-electron chi connectivity index (χ3n) is 4.04. The van der Waals surface area contributed by atoms with Crippen molar-refractivity contribution >= 4 is 28.8 Å². The second-order valence-electron chi connectivity index (χ2n) is 5.87. The number of ether oxygens (including phenoxy) is 2. The van der Waals surface area contributed by atoms with Gasteiger partial charge in [-0.05, 0) is 40.1 Å². The molecule has 0 aliphatic carbocycles. The average molecular weight is 362 g/mol. The van der Waals surface area contributed by atoms with Crippen molar-refractivity contribution in [1.82, 2.24) is 0 Å². The first kappa shape index (κ1) is 18.2. The van der Waals surface area contributed by atoms with Crippen LogP contribution < -0.4 is 9.47 Å². The fraction of sp³-hybridized carbons (Fsp3) is 0.0909. The van der Waals surface area contributed by atoms with Crippen molar-refractivity contribution in [3.05, 3.63) is 77.9 Å². The van der Waals surface area contributed by atoms with Crippen molar-refractivity contribution < 1.29 is 24.2 Å². The Bertz CT molecular complexity index is 1010. The van der Waals surface area contributed by atoms with Crippen LogP contribution in [-0.4, -0.2) is 24.2 Å². The summed E-state index contributed by atoms with van der Waals surface area (Å²) in [5.41, 5.74) is 1.51.